The maximum absolute atomic E-state index is 12.8. The van der Waals surface area contributed by atoms with Crippen molar-refractivity contribution in [1.29, 1.82) is 0 Å². The van der Waals surface area contributed by atoms with E-state index in [1.807, 2.05) is 0 Å². The van der Waals surface area contributed by atoms with E-state index < -0.39 is 5.97 Å². The molecule has 0 N–H and O–H groups in total. The van der Waals surface area contributed by atoms with Gasteiger partial charge < -0.3 is 18.9 Å². The normalized spacial score (nSPS) is 10.5. The largest absolute Gasteiger partial charge is 0.497 e. The molecule has 0 fully saturated rings. The van der Waals surface area contributed by atoms with E-state index in [-0.39, 0.29) is 17.1 Å². The Balaban J connectivity index is 1.80. The van der Waals surface area contributed by atoms with Gasteiger partial charge in [0.1, 0.15) is 11.5 Å². The zero-order chi connectivity index (χ0) is 22.2. The Morgan fingerprint density at radius 1 is 0.742 bits per heavy atom. The lowest BCUT2D eigenvalue weighted by molar-refractivity contribution is 0.0732. The average molecular weight is 418 g/mol. The van der Waals surface area contributed by atoms with Gasteiger partial charge in [-0.15, -0.1) is 0 Å². The van der Waals surface area contributed by atoms with Crippen LogP contribution in [0.5, 0.6) is 23.0 Å². The Bertz CT molecular complexity index is 1120. The van der Waals surface area contributed by atoms with Crippen molar-refractivity contribution in [2.45, 2.75) is 0 Å². The number of methoxy groups -OCH3 is 3. The molecule has 0 radical (unpaired) electrons. The number of ketones is 1. The summed E-state index contributed by atoms with van der Waals surface area (Å²) < 4.78 is 21.1. The molecule has 0 bridgehead atoms. The Morgan fingerprint density at radius 3 is 2.26 bits per heavy atom. The van der Waals surface area contributed by atoms with Crippen molar-refractivity contribution in [1.82, 2.24) is 0 Å². The van der Waals surface area contributed by atoms with Crippen LogP contribution in [0.1, 0.15) is 26.3 Å². The fraction of sp³-hybridized carbons (Fsp3) is 0.120. The lowest BCUT2D eigenvalue weighted by Gasteiger charge is -2.09. The first-order valence-corrected chi connectivity index (χ1v) is 9.45. The fourth-order valence-electron chi connectivity index (χ4n) is 2.89. The first-order chi connectivity index (χ1) is 15.0. The summed E-state index contributed by atoms with van der Waals surface area (Å²) in [7, 11) is 4.62. The minimum Gasteiger partial charge on any atom is -0.497 e. The highest BCUT2D eigenvalue weighted by atomic mass is 16.5. The number of carbonyl (C=O) groups is 2. The van der Waals surface area contributed by atoms with Gasteiger partial charge in [-0.2, -0.15) is 0 Å². The van der Waals surface area contributed by atoms with E-state index in [1.54, 1.807) is 87.0 Å². The molecule has 0 heterocycles. The van der Waals surface area contributed by atoms with Crippen molar-refractivity contribution in [3.63, 3.8) is 0 Å². The van der Waals surface area contributed by atoms with Crippen LogP contribution in [-0.4, -0.2) is 33.1 Å². The smallest absolute Gasteiger partial charge is 0.343 e. The number of carbonyl (C=O) groups excluding carboxylic acids is 2. The van der Waals surface area contributed by atoms with Crippen molar-refractivity contribution in [2.24, 2.45) is 0 Å². The third-order valence-electron chi connectivity index (χ3n) is 4.50. The number of ether oxygens (including phenoxy) is 4. The molecule has 31 heavy (non-hydrogen) atoms. The highest BCUT2D eigenvalue weighted by molar-refractivity contribution is 6.09. The van der Waals surface area contributed by atoms with Gasteiger partial charge in [0, 0.05) is 0 Å². The highest BCUT2D eigenvalue weighted by Crippen LogP contribution is 2.28. The standard InChI is InChI=1S/C25H22O6/c1-28-19-8-6-7-18(16-19)25(27)31-22-10-5-4-9-20(22)21(26)13-11-17-12-14-23(29-2)24(15-17)30-3/h4-16H,1-3H3/b13-11+. The first kappa shape index (κ1) is 21.6. The number of benzene rings is 3. The molecule has 3 rings (SSSR count). The molecule has 0 amide bonds. The van der Waals surface area contributed by atoms with Crippen molar-refractivity contribution in [2.75, 3.05) is 21.3 Å². The molecule has 3 aromatic carbocycles. The van der Waals surface area contributed by atoms with Gasteiger partial charge >= 0.3 is 5.97 Å². The summed E-state index contributed by atoms with van der Waals surface area (Å²) in [5.74, 6) is 0.992. The second-order valence-electron chi connectivity index (χ2n) is 6.43. The average Bonchev–Trinajstić information content (AvgIpc) is 2.82. The molecule has 0 saturated heterocycles. The van der Waals surface area contributed by atoms with Gasteiger partial charge in [0.2, 0.25) is 0 Å². The molecule has 0 saturated carbocycles. The third kappa shape index (κ3) is 5.30. The minimum atomic E-state index is -0.581. The maximum Gasteiger partial charge on any atom is 0.343 e. The molecular weight excluding hydrogens is 396 g/mol. The number of para-hydroxylation sites is 1. The zero-order valence-electron chi connectivity index (χ0n) is 17.5. The molecule has 0 unspecified atom stereocenters. The first-order valence-electron chi connectivity index (χ1n) is 9.45. The van der Waals surface area contributed by atoms with Gasteiger partial charge in [-0.05, 0) is 54.1 Å². The van der Waals surface area contributed by atoms with Crippen LogP contribution in [-0.2, 0) is 0 Å². The van der Waals surface area contributed by atoms with Crippen LogP contribution in [0.25, 0.3) is 6.08 Å². The molecule has 0 aliphatic carbocycles. The molecule has 0 aromatic heterocycles. The summed E-state index contributed by atoms with van der Waals surface area (Å²) >= 11 is 0. The summed E-state index contributed by atoms with van der Waals surface area (Å²) in [6.07, 6.45) is 3.07. The molecule has 6 heteroatoms. The van der Waals surface area contributed by atoms with Crippen LogP contribution >= 0.6 is 0 Å². The minimum absolute atomic E-state index is 0.178. The van der Waals surface area contributed by atoms with Crippen molar-refractivity contribution >= 4 is 17.8 Å². The fourth-order valence-corrected chi connectivity index (χ4v) is 2.89. The lowest BCUT2D eigenvalue weighted by Crippen LogP contribution is -2.11. The van der Waals surface area contributed by atoms with E-state index >= 15 is 0 Å². The number of hydrogen-bond donors (Lipinski definition) is 0. The van der Waals surface area contributed by atoms with Crippen LogP contribution < -0.4 is 18.9 Å². The van der Waals surface area contributed by atoms with E-state index in [0.29, 0.717) is 22.8 Å². The monoisotopic (exact) mass is 418 g/mol. The molecule has 0 aliphatic rings. The molecule has 0 spiro atoms. The second kappa shape index (κ2) is 10.1. The van der Waals surface area contributed by atoms with Gasteiger partial charge in [-0.25, -0.2) is 4.79 Å². The second-order valence-corrected chi connectivity index (χ2v) is 6.43. The zero-order valence-corrected chi connectivity index (χ0v) is 17.5. The van der Waals surface area contributed by atoms with Crippen LogP contribution in [0.15, 0.2) is 72.8 Å². The highest BCUT2D eigenvalue weighted by Gasteiger charge is 2.15. The van der Waals surface area contributed by atoms with Crippen LogP contribution in [0.4, 0.5) is 0 Å². The quantitative estimate of drug-likeness (QED) is 0.226. The van der Waals surface area contributed by atoms with Crippen LogP contribution in [0.2, 0.25) is 0 Å². The Kier molecular flexibility index (Phi) is 7.06. The molecule has 3 aromatic rings. The topological polar surface area (TPSA) is 71.1 Å². The van der Waals surface area contributed by atoms with Gasteiger partial charge in [-0.1, -0.05) is 30.3 Å². The molecule has 0 aliphatic heterocycles. The predicted molar refractivity (Wildman–Crippen MR) is 117 cm³/mol. The summed E-state index contributed by atoms with van der Waals surface area (Å²) in [6, 6.07) is 18.5. The molecule has 0 atom stereocenters. The van der Waals surface area contributed by atoms with Gasteiger partial charge in [-0.3, -0.25) is 4.79 Å². The van der Waals surface area contributed by atoms with Crippen LogP contribution in [0, 0.1) is 0 Å². The van der Waals surface area contributed by atoms with Crippen LogP contribution in [0.3, 0.4) is 0 Å². The lowest BCUT2D eigenvalue weighted by atomic mass is 10.1. The Labute approximate surface area is 180 Å². The Hall–Kier alpha value is -4.06. The number of hydrogen-bond acceptors (Lipinski definition) is 6. The number of allylic oxidation sites excluding steroid dienone is 1. The summed E-state index contributed by atoms with van der Waals surface area (Å²) in [4.78, 5) is 25.3. The van der Waals surface area contributed by atoms with E-state index in [4.69, 9.17) is 18.9 Å². The van der Waals surface area contributed by atoms with Crippen molar-refractivity contribution in [3.8, 4) is 23.0 Å². The van der Waals surface area contributed by atoms with E-state index in [1.165, 1.54) is 13.2 Å². The van der Waals surface area contributed by atoms with E-state index in [2.05, 4.69) is 0 Å². The summed E-state index contributed by atoms with van der Waals surface area (Å²) in [5, 5.41) is 0. The van der Waals surface area contributed by atoms with Gasteiger partial charge in [0.25, 0.3) is 0 Å². The van der Waals surface area contributed by atoms with E-state index in [9.17, 15) is 9.59 Å². The summed E-state index contributed by atoms with van der Waals surface area (Å²) in [5.41, 5.74) is 1.36. The van der Waals surface area contributed by atoms with Gasteiger partial charge in [0.15, 0.2) is 17.3 Å². The van der Waals surface area contributed by atoms with Crippen molar-refractivity contribution in [3.05, 3.63) is 89.5 Å². The van der Waals surface area contributed by atoms with Crippen molar-refractivity contribution < 1.29 is 28.5 Å². The summed E-state index contributed by atoms with van der Waals surface area (Å²) in [6.45, 7) is 0. The van der Waals surface area contributed by atoms with E-state index in [0.717, 1.165) is 5.56 Å². The molecule has 6 nitrogen and oxygen atoms in total. The number of rotatable bonds is 8. The Morgan fingerprint density at radius 2 is 1.52 bits per heavy atom. The molecular formula is C25H22O6. The maximum atomic E-state index is 12.8. The predicted octanol–water partition coefficient (Wildman–Crippen LogP) is 4.83. The SMILES string of the molecule is COc1cccc(C(=O)Oc2ccccc2C(=O)/C=C/c2ccc(OC)c(OC)c2)c1. The third-order valence-corrected chi connectivity index (χ3v) is 4.50. The number of esters is 1. The molecule has 158 valence electrons. The van der Waals surface area contributed by atoms with Gasteiger partial charge in [0.05, 0.1) is 32.5 Å².